The van der Waals surface area contributed by atoms with Gasteiger partial charge < -0.3 is 18.9 Å². The summed E-state index contributed by atoms with van der Waals surface area (Å²) in [7, 11) is 4.62. The Morgan fingerprint density at radius 3 is 2.55 bits per heavy atom. The number of allylic oxidation sites excluding steroid dienone is 1. The van der Waals surface area contributed by atoms with Crippen molar-refractivity contribution in [3.63, 3.8) is 0 Å². The monoisotopic (exact) mass is 420 g/mol. The third kappa shape index (κ3) is 3.97. The summed E-state index contributed by atoms with van der Waals surface area (Å²) in [6, 6.07) is 4.66. The van der Waals surface area contributed by atoms with Gasteiger partial charge in [0.05, 0.1) is 43.4 Å². The molecule has 0 aromatic heterocycles. The minimum absolute atomic E-state index is 0.108. The standard InChI is InChI=1S/C20H24N2O6S/c1-11-16(19(24)28-9-8-25-3)17(22-18(23)12(2)29-20(22)21-11)13-6-7-14(26-4)15(10-13)27-5/h6-7,10,12,17H,8-9H2,1-5H3/t12-,17+/m0/s1. The largest absolute Gasteiger partial charge is 0.493 e. The summed E-state index contributed by atoms with van der Waals surface area (Å²) in [6.45, 7) is 3.97. The van der Waals surface area contributed by atoms with Gasteiger partial charge in [0, 0.05) is 7.11 Å². The highest BCUT2D eigenvalue weighted by Gasteiger charge is 2.46. The van der Waals surface area contributed by atoms with Gasteiger partial charge >= 0.3 is 5.97 Å². The Kier molecular flexibility index (Phi) is 6.49. The fourth-order valence-corrected chi connectivity index (χ4v) is 4.33. The zero-order valence-corrected chi connectivity index (χ0v) is 17.9. The van der Waals surface area contributed by atoms with Crippen LogP contribution in [0.2, 0.25) is 0 Å². The molecule has 1 fully saturated rings. The molecule has 1 saturated heterocycles. The number of amides is 1. The van der Waals surface area contributed by atoms with E-state index < -0.39 is 12.0 Å². The lowest BCUT2D eigenvalue weighted by atomic mass is 9.94. The summed E-state index contributed by atoms with van der Waals surface area (Å²) in [6.07, 6.45) is 0. The van der Waals surface area contributed by atoms with Crippen molar-refractivity contribution < 1.29 is 28.5 Å². The van der Waals surface area contributed by atoms with Crippen LogP contribution in [0.4, 0.5) is 0 Å². The Labute approximate surface area is 173 Å². The summed E-state index contributed by atoms with van der Waals surface area (Å²) in [5, 5.41) is 0.293. The summed E-state index contributed by atoms with van der Waals surface area (Å²) >= 11 is 1.38. The Morgan fingerprint density at radius 2 is 1.90 bits per heavy atom. The maximum atomic E-state index is 12.9. The molecule has 1 aromatic rings. The molecule has 0 aliphatic carbocycles. The average molecular weight is 420 g/mol. The molecule has 9 heteroatoms. The fourth-order valence-electron chi connectivity index (χ4n) is 3.30. The van der Waals surface area contributed by atoms with E-state index in [2.05, 4.69) is 4.99 Å². The van der Waals surface area contributed by atoms with Crippen molar-refractivity contribution in [1.29, 1.82) is 0 Å². The van der Waals surface area contributed by atoms with Crippen LogP contribution in [0.3, 0.4) is 0 Å². The Balaban J connectivity index is 2.09. The molecule has 2 aliphatic rings. The van der Waals surface area contributed by atoms with E-state index >= 15 is 0 Å². The number of fused-ring (bicyclic) bond motifs is 1. The smallest absolute Gasteiger partial charge is 0.338 e. The molecule has 2 aliphatic heterocycles. The summed E-state index contributed by atoms with van der Waals surface area (Å²) in [5.74, 6) is 0.426. The van der Waals surface area contributed by atoms with Crippen LogP contribution < -0.4 is 9.47 Å². The van der Waals surface area contributed by atoms with Gasteiger partial charge in [0.25, 0.3) is 0 Å². The van der Waals surface area contributed by atoms with Crippen molar-refractivity contribution in [2.75, 3.05) is 34.5 Å². The lowest BCUT2D eigenvalue weighted by Crippen LogP contribution is -2.40. The van der Waals surface area contributed by atoms with Crippen LogP contribution in [0.5, 0.6) is 11.5 Å². The SMILES string of the molecule is COCCOC(=O)C1=C(C)N=C2S[C@@H](C)C(=O)N2[C@@H]1c1ccc(OC)c(OC)c1. The van der Waals surface area contributed by atoms with Gasteiger partial charge in [0.15, 0.2) is 16.7 Å². The Hall–Kier alpha value is -2.52. The first kappa shape index (κ1) is 21.2. The molecule has 156 valence electrons. The maximum absolute atomic E-state index is 12.9. The second-order valence-corrected chi connectivity index (χ2v) is 7.82. The second kappa shape index (κ2) is 8.87. The molecule has 0 saturated carbocycles. The highest BCUT2D eigenvalue weighted by Crippen LogP contribution is 2.44. The van der Waals surface area contributed by atoms with E-state index in [0.717, 1.165) is 0 Å². The number of hydrogen-bond donors (Lipinski definition) is 0. The van der Waals surface area contributed by atoms with Crippen LogP contribution in [-0.2, 0) is 19.1 Å². The van der Waals surface area contributed by atoms with Gasteiger partial charge in [-0.25, -0.2) is 9.79 Å². The van der Waals surface area contributed by atoms with Gasteiger partial charge in [0.2, 0.25) is 5.91 Å². The average Bonchev–Trinajstić information content (AvgIpc) is 2.99. The van der Waals surface area contributed by atoms with E-state index in [1.54, 1.807) is 31.1 Å². The molecule has 0 unspecified atom stereocenters. The number of amidine groups is 1. The van der Waals surface area contributed by atoms with Gasteiger partial charge in [-0.2, -0.15) is 0 Å². The van der Waals surface area contributed by atoms with Gasteiger partial charge in [0.1, 0.15) is 6.61 Å². The van der Waals surface area contributed by atoms with E-state index in [1.165, 1.54) is 26.0 Å². The summed E-state index contributed by atoms with van der Waals surface area (Å²) in [4.78, 5) is 31.9. The number of nitrogens with zero attached hydrogens (tertiary/aromatic N) is 2. The molecule has 3 rings (SSSR count). The number of esters is 1. The molecular formula is C20H24N2O6S. The molecule has 8 nitrogen and oxygen atoms in total. The van der Waals surface area contributed by atoms with Crippen LogP contribution in [-0.4, -0.2) is 61.7 Å². The third-order valence-electron chi connectivity index (χ3n) is 4.72. The number of benzene rings is 1. The van der Waals surface area contributed by atoms with Crippen LogP contribution in [0.25, 0.3) is 0 Å². The second-order valence-electron chi connectivity index (χ2n) is 6.51. The molecule has 29 heavy (non-hydrogen) atoms. The van der Waals surface area contributed by atoms with Crippen molar-refractivity contribution >= 4 is 28.8 Å². The van der Waals surface area contributed by atoms with Crippen LogP contribution in [0.1, 0.15) is 25.5 Å². The molecule has 0 N–H and O–H groups in total. The topological polar surface area (TPSA) is 86.7 Å². The lowest BCUT2D eigenvalue weighted by molar-refractivity contribution is -0.141. The molecule has 0 radical (unpaired) electrons. The van der Waals surface area contributed by atoms with Crippen LogP contribution >= 0.6 is 11.8 Å². The van der Waals surface area contributed by atoms with Crippen molar-refractivity contribution in [2.24, 2.45) is 4.99 Å². The molecule has 0 bridgehead atoms. The molecule has 2 atom stereocenters. The molecule has 1 amide bonds. The lowest BCUT2D eigenvalue weighted by Gasteiger charge is -2.33. The van der Waals surface area contributed by atoms with E-state index in [0.29, 0.717) is 33.5 Å². The van der Waals surface area contributed by atoms with Gasteiger partial charge in [-0.15, -0.1) is 0 Å². The quantitative estimate of drug-likeness (QED) is 0.495. The zero-order valence-electron chi connectivity index (χ0n) is 17.1. The van der Waals surface area contributed by atoms with Crippen LogP contribution in [0, 0.1) is 0 Å². The first-order valence-corrected chi connectivity index (χ1v) is 9.98. The zero-order chi connectivity index (χ0) is 21.1. The number of aliphatic imine (C=N–C) groups is 1. The minimum Gasteiger partial charge on any atom is -0.493 e. The first-order chi connectivity index (χ1) is 13.9. The normalized spacial score (nSPS) is 21.1. The van der Waals surface area contributed by atoms with E-state index in [9.17, 15) is 9.59 Å². The number of hydrogen-bond acceptors (Lipinski definition) is 8. The van der Waals surface area contributed by atoms with Gasteiger partial charge in [-0.05, 0) is 31.5 Å². The van der Waals surface area contributed by atoms with Crippen molar-refractivity contribution in [2.45, 2.75) is 25.1 Å². The molecular weight excluding hydrogens is 396 g/mol. The van der Waals surface area contributed by atoms with E-state index in [1.807, 2.05) is 13.0 Å². The summed E-state index contributed by atoms with van der Waals surface area (Å²) in [5.41, 5.74) is 1.55. The van der Waals surface area contributed by atoms with Gasteiger partial charge in [-0.1, -0.05) is 17.8 Å². The highest BCUT2D eigenvalue weighted by atomic mass is 32.2. The summed E-state index contributed by atoms with van der Waals surface area (Å²) < 4.78 is 21.0. The molecule has 1 aromatic carbocycles. The van der Waals surface area contributed by atoms with E-state index in [-0.39, 0.29) is 24.4 Å². The third-order valence-corrected chi connectivity index (χ3v) is 5.78. The highest BCUT2D eigenvalue weighted by molar-refractivity contribution is 8.15. The number of ether oxygens (including phenoxy) is 4. The van der Waals surface area contributed by atoms with Crippen molar-refractivity contribution in [3.05, 3.63) is 35.0 Å². The number of rotatable bonds is 7. The first-order valence-electron chi connectivity index (χ1n) is 9.10. The van der Waals surface area contributed by atoms with Crippen molar-refractivity contribution in [1.82, 2.24) is 4.90 Å². The minimum atomic E-state index is -0.665. The predicted molar refractivity (Wildman–Crippen MR) is 109 cm³/mol. The Morgan fingerprint density at radius 1 is 1.17 bits per heavy atom. The predicted octanol–water partition coefficient (Wildman–Crippen LogP) is 2.54. The number of carbonyl (C=O) groups excluding carboxylic acids is 2. The number of carbonyl (C=O) groups is 2. The maximum Gasteiger partial charge on any atom is 0.338 e. The van der Waals surface area contributed by atoms with Gasteiger partial charge in [-0.3, -0.25) is 9.69 Å². The van der Waals surface area contributed by atoms with Crippen molar-refractivity contribution in [3.8, 4) is 11.5 Å². The fraction of sp³-hybridized carbons (Fsp3) is 0.450. The van der Waals surface area contributed by atoms with Crippen LogP contribution in [0.15, 0.2) is 34.5 Å². The molecule has 0 spiro atoms. The van der Waals surface area contributed by atoms with E-state index in [4.69, 9.17) is 18.9 Å². The Bertz CT molecular complexity index is 882. The number of thioether (sulfide) groups is 1. The molecule has 2 heterocycles. The number of methoxy groups -OCH3 is 3.